The van der Waals surface area contributed by atoms with Crippen LogP contribution >= 0.6 is 11.6 Å². The summed E-state index contributed by atoms with van der Waals surface area (Å²) in [5.41, 5.74) is 3.55. The average molecular weight is 427 g/mol. The first-order chi connectivity index (χ1) is 14.5. The quantitative estimate of drug-likeness (QED) is 0.509. The number of rotatable bonds is 8. The molecule has 4 rings (SSSR count). The summed E-state index contributed by atoms with van der Waals surface area (Å²) in [7, 11) is 0. The first-order valence-corrected chi connectivity index (χ1v) is 10.6. The normalized spacial score (nSPS) is 21.1. The molecule has 3 aromatic rings. The number of aromatic nitrogens is 2. The molecule has 2 heterocycles. The van der Waals surface area contributed by atoms with Gasteiger partial charge in [-0.2, -0.15) is 0 Å². The van der Waals surface area contributed by atoms with E-state index < -0.39 is 5.79 Å². The molecule has 0 bridgehead atoms. The van der Waals surface area contributed by atoms with Crippen molar-refractivity contribution >= 4 is 11.6 Å². The molecule has 2 aromatic carbocycles. The van der Waals surface area contributed by atoms with Crippen LogP contribution in [0.2, 0.25) is 5.02 Å². The molecule has 0 N–H and O–H groups in total. The summed E-state index contributed by atoms with van der Waals surface area (Å²) < 4.78 is 20.7. The molecule has 2 atom stereocenters. The van der Waals surface area contributed by atoms with Crippen LogP contribution in [-0.2, 0) is 22.4 Å². The van der Waals surface area contributed by atoms with Crippen molar-refractivity contribution in [3.05, 3.63) is 82.9 Å². The predicted molar refractivity (Wildman–Crippen MR) is 117 cm³/mol. The standard InChI is InChI=1S/C24H27ClN2O3/c1-18-3-8-23(19(2)13-18)28-14-22-15-29-24(30-22,16-27-12-11-26-17-27)10-9-20-4-6-21(25)7-5-20/h3-8,11-13,17,22H,9-10,14-16H2,1-2H3. The van der Waals surface area contributed by atoms with Gasteiger partial charge in [0.1, 0.15) is 18.5 Å². The highest BCUT2D eigenvalue weighted by Gasteiger charge is 2.42. The number of ether oxygens (including phenoxy) is 3. The highest BCUT2D eigenvalue weighted by molar-refractivity contribution is 6.30. The third-order valence-electron chi connectivity index (χ3n) is 5.36. The average Bonchev–Trinajstić information content (AvgIpc) is 3.38. The van der Waals surface area contributed by atoms with Gasteiger partial charge in [0.2, 0.25) is 0 Å². The zero-order valence-electron chi connectivity index (χ0n) is 17.4. The Bertz CT molecular complexity index is 959. The Morgan fingerprint density at radius 3 is 2.77 bits per heavy atom. The van der Waals surface area contributed by atoms with E-state index in [4.69, 9.17) is 25.8 Å². The Morgan fingerprint density at radius 1 is 1.20 bits per heavy atom. The van der Waals surface area contributed by atoms with E-state index in [9.17, 15) is 0 Å². The van der Waals surface area contributed by atoms with Gasteiger partial charge in [0.25, 0.3) is 0 Å². The molecule has 6 heteroatoms. The summed E-state index contributed by atoms with van der Waals surface area (Å²) in [4.78, 5) is 4.15. The van der Waals surface area contributed by atoms with Crippen molar-refractivity contribution in [2.75, 3.05) is 13.2 Å². The number of imidazole rings is 1. The fourth-order valence-electron chi connectivity index (χ4n) is 3.78. The lowest BCUT2D eigenvalue weighted by atomic mass is 10.0. The minimum absolute atomic E-state index is 0.126. The van der Waals surface area contributed by atoms with Crippen molar-refractivity contribution in [2.24, 2.45) is 0 Å². The van der Waals surface area contributed by atoms with Crippen molar-refractivity contribution in [2.45, 2.75) is 45.1 Å². The molecule has 0 saturated carbocycles. The van der Waals surface area contributed by atoms with Crippen molar-refractivity contribution in [3.63, 3.8) is 0 Å². The zero-order valence-corrected chi connectivity index (χ0v) is 18.1. The number of hydrogen-bond acceptors (Lipinski definition) is 4. The van der Waals surface area contributed by atoms with Crippen LogP contribution in [0, 0.1) is 13.8 Å². The first-order valence-electron chi connectivity index (χ1n) is 10.2. The summed E-state index contributed by atoms with van der Waals surface area (Å²) in [5.74, 6) is 0.175. The van der Waals surface area contributed by atoms with Crippen molar-refractivity contribution < 1.29 is 14.2 Å². The number of benzene rings is 2. The minimum atomic E-state index is -0.712. The highest BCUT2D eigenvalue weighted by atomic mass is 35.5. The first kappa shape index (κ1) is 20.9. The van der Waals surface area contributed by atoms with Gasteiger partial charge in [-0.3, -0.25) is 0 Å². The van der Waals surface area contributed by atoms with Crippen molar-refractivity contribution in [1.29, 1.82) is 0 Å². The molecular formula is C24H27ClN2O3. The molecule has 1 fully saturated rings. The van der Waals surface area contributed by atoms with Crippen molar-refractivity contribution in [1.82, 2.24) is 9.55 Å². The van der Waals surface area contributed by atoms with Crippen LogP contribution in [0.4, 0.5) is 0 Å². The molecule has 0 aliphatic carbocycles. The van der Waals surface area contributed by atoms with E-state index in [0.29, 0.717) is 19.8 Å². The Kier molecular flexibility index (Phi) is 6.42. The maximum atomic E-state index is 6.43. The fraction of sp³-hybridized carbons (Fsp3) is 0.375. The van der Waals surface area contributed by atoms with Gasteiger partial charge in [-0.15, -0.1) is 0 Å². The molecule has 0 amide bonds. The van der Waals surface area contributed by atoms with E-state index in [-0.39, 0.29) is 6.10 Å². The molecule has 1 aromatic heterocycles. The Balaban J connectivity index is 1.41. The molecule has 0 spiro atoms. The Labute approximate surface area is 182 Å². The number of aryl methyl sites for hydroxylation is 3. The molecular weight excluding hydrogens is 400 g/mol. The maximum Gasteiger partial charge on any atom is 0.187 e. The Hall–Kier alpha value is -2.34. The van der Waals surface area contributed by atoms with Gasteiger partial charge in [0.15, 0.2) is 5.79 Å². The van der Waals surface area contributed by atoms with Gasteiger partial charge in [0, 0.05) is 23.8 Å². The second-order valence-corrected chi connectivity index (χ2v) is 8.34. The van der Waals surface area contributed by atoms with Gasteiger partial charge in [-0.1, -0.05) is 41.4 Å². The number of hydrogen-bond donors (Lipinski definition) is 0. The third-order valence-corrected chi connectivity index (χ3v) is 5.61. The highest BCUT2D eigenvalue weighted by Crippen LogP contribution is 2.31. The smallest absolute Gasteiger partial charge is 0.187 e. The summed E-state index contributed by atoms with van der Waals surface area (Å²) in [5, 5.41) is 0.740. The predicted octanol–water partition coefficient (Wildman–Crippen LogP) is 4.98. The summed E-state index contributed by atoms with van der Waals surface area (Å²) in [6.45, 7) is 5.68. The van der Waals surface area contributed by atoms with E-state index in [1.165, 1.54) is 11.1 Å². The van der Waals surface area contributed by atoms with Crippen LogP contribution < -0.4 is 4.74 Å². The zero-order chi connectivity index (χ0) is 21.0. The summed E-state index contributed by atoms with van der Waals surface area (Å²) >= 11 is 6.01. The van der Waals surface area contributed by atoms with Crippen molar-refractivity contribution in [3.8, 4) is 5.75 Å². The molecule has 2 unspecified atom stereocenters. The maximum absolute atomic E-state index is 6.43. The van der Waals surface area contributed by atoms with Crippen LogP contribution in [-0.4, -0.2) is 34.7 Å². The van der Waals surface area contributed by atoms with E-state index in [1.807, 2.05) is 41.1 Å². The SMILES string of the molecule is Cc1ccc(OCC2COC(CCc3ccc(Cl)cc3)(Cn3ccnc3)O2)c(C)c1. The van der Waals surface area contributed by atoms with Gasteiger partial charge >= 0.3 is 0 Å². The van der Waals surface area contributed by atoms with Crippen LogP contribution in [0.5, 0.6) is 5.75 Å². The lowest BCUT2D eigenvalue weighted by Crippen LogP contribution is -2.37. The summed E-state index contributed by atoms with van der Waals surface area (Å²) in [6.07, 6.45) is 6.91. The molecule has 1 saturated heterocycles. The minimum Gasteiger partial charge on any atom is -0.491 e. The fourth-order valence-corrected chi connectivity index (χ4v) is 3.91. The Morgan fingerprint density at radius 2 is 2.03 bits per heavy atom. The van der Waals surface area contributed by atoms with Crippen LogP contribution in [0.15, 0.2) is 61.2 Å². The largest absolute Gasteiger partial charge is 0.491 e. The van der Waals surface area contributed by atoms with Crippen LogP contribution in [0.1, 0.15) is 23.1 Å². The molecule has 1 aliphatic heterocycles. The topological polar surface area (TPSA) is 45.5 Å². The molecule has 30 heavy (non-hydrogen) atoms. The summed E-state index contributed by atoms with van der Waals surface area (Å²) in [6, 6.07) is 14.1. The second kappa shape index (κ2) is 9.21. The van der Waals surface area contributed by atoms with E-state index in [2.05, 4.69) is 31.0 Å². The van der Waals surface area contributed by atoms with Gasteiger partial charge in [0.05, 0.1) is 19.5 Å². The van der Waals surface area contributed by atoms with E-state index >= 15 is 0 Å². The monoisotopic (exact) mass is 426 g/mol. The lowest BCUT2D eigenvalue weighted by Gasteiger charge is -2.28. The van der Waals surface area contributed by atoms with Gasteiger partial charge < -0.3 is 18.8 Å². The van der Waals surface area contributed by atoms with Gasteiger partial charge in [-0.25, -0.2) is 4.98 Å². The van der Waals surface area contributed by atoms with Gasteiger partial charge in [-0.05, 0) is 49.6 Å². The van der Waals surface area contributed by atoms with Crippen LogP contribution in [0.3, 0.4) is 0 Å². The number of nitrogens with zero attached hydrogens (tertiary/aromatic N) is 2. The molecule has 158 valence electrons. The van der Waals surface area contributed by atoms with E-state index in [0.717, 1.165) is 29.2 Å². The van der Waals surface area contributed by atoms with E-state index in [1.54, 1.807) is 12.5 Å². The third kappa shape index (κ3) is 5.22. The molecule has 1 aliphatic rings. The molecule has 5 nitrogen and oxygen atoms in total. The number of halogens is 1. The van der Waals surface area contributed by atoms with Crippen LogP contribution in [0.25, 0.3) is 0 Å². The lowest BCUT2D eigenvalue weighted by molar-refractivity contribution is -0.184. The second-order valence-electron chi connectivity index (χ2n) is 7.90. The molecule has 0 radical (unpaired) electrons.